The van der Waals surface area contributed by atoms with Crippen molar-refractivity contribution in [1.82, 2.24) is 10.6 Å². The number of carbonyl (C=O) groups is 2. The third kappa shape index (κ3) is 8.17. The highest BCUT2D eigenvalue weighted by Crippen LogP contribution is 2.20. The Labute approximate surface area is 181 Å². The molecular weight excluding hydrogens is 378 g/mol. The molecule has 1 aromatic carbocycles. The van der Waals surface area contributed by atoms with E-state index in [1.807, 2.05) is 30.3 Å². The van der Waals surface area contributed by atoms with Crippen LogP contribution in [0, 0.1) is 0 Å². The second-order valence-electron chi connectivity index (χ2n) is 8.60. The zero-order chi connectivity index (χ0) is 21.7. The normalized spacial score (nSPS) is 17.8. The fraction of sp³-hybridized carbons (Fsp3) is 0.667. The zero-order valence-electron chi connectivity index (χ0n) is 18.5. The molecule has 0 radical (unpaired) electrons. The van der Waals surface area contributed by atoms with E-state index < -0.39 is 12.1 Å². The monoisotopic (exact) mass is 418 g/mol. The van der Waals surface area contributed by atoms with Crippen molar-refractivity contribution in [3.63, 3.8) is 0 Å². The van der Waals surface area contributed by atoms with Gasteiger partial charge in [0.1, 0.15) is 18.7 Å². The van der Waals surface area contributed by atoms with Gasteiger partial charge in [-0.3, -0.25) is 9.28 Å². The van der Waals surface area contributed by atoms with Gasteiger partial charge in [-0.2, -0.15) is 0 Å². The van der Waals surface area contributed by atoms with E-state index in [0.29, 0.717) is 26.1 Å². The Balaban J connectivity index is 1.93. The smallest absolute Gasteiger partial charge is 0.301 e. The highest BCUT2D eigenvalue weighted by molar-refractivity contribution is 5.76. The SMILES string of the molecule is CCCCCCCCCC(=O)NC(C[N+]1(C=O)CCNCC1)C(O)c1ccccc1. The molecule has 30 heavy (non-hydrogen) atoms. The van der Waals surface area contributed by atoms with Gasteiger partial charge in [-0.25, -0.2) is 4.79 Å². The minimum absolute atomic E-state index is 0.0391. The van der Waals surface area contributed by atoms with Crippen LogP contribution in [0.4, 0.5) is 0 Å². The minimum atomic E-state index is -0.839. The molecule has 168 valence electrons. The van der Waals surface area contributed by atoms with Crippen LogP contribution >= 0.6 is 0 Å². The predicted octanol–water partition coefficient (Wildman–Crippen LogP) is 2.92. The van der Waals surface area contributed by atoms with Crippen LogP contribution in [0.1, 0.15) is 70.0 Å². The lowest BCUT2D eigenvalue weighted by Gasteiger charge is -2.39. The van der Waals surface area contributed by atoms with Crippen molar-refractivity contribution in [2.45, 2.75) is 70.4 Å². The summed E-state index contributed by atoms with van der Waals surface area (Å²) in [7, 11) is 0. The number of aliphatic hydroxyl groups is 1. The van der Waals surface area contributed by atoms with E-state index in [1.54, 1.807) is 0 Å². The number of rotatable bonds is 14. The number of hydrogen-bond acceptors (Lipinski definition) is 4. The van der Waals surface area contributed by atoms with Crippen LogP contribution in [0.5, 0.6) is 0 Å². The number of aliphatic hydroxyl groups excluding tert-OH is 1. The summed E-state index contributed by atoms with van der Waals surface area (Å²) >= 11 is 0. The van der Waals surface area contributed by atoms with Crippen molar-refractivity contribution in [3.8, 4) is 0 Å². The summed E-state index contributed by atoms with van der Waals surface area (Å²) in [6.45, 7) is 5.49. The second-order valence-corrected chi connectivity index (χ2v) is 8.60. The quantitative estimate of drug-likeness (QED) is 0.247. The molecule has 2 unspecified atom stereocenters. The average Bonchev–Trinajstić information content (AvgIpc) is 2.79. The summed E-state index contributed by atoms with van der Waals surface area (Å²) in [6, 6.07) is 8.90. The van der Waals surface area contributed by atoms with E-state index in [-0.39, 0.29) is 10.4 Å². The highest BCUT2D eigenvalue weighted by Gasteiger charge is 2.36. The maximum absolute atomic E-state index is 12.6. The average molecular weight is 419 g/mol. The molecule has 2 rings (SSSR count). The summed E-state index contributed by atoms with van der Waals surface area (Å²) in [5.74, 6) is -0.0391. The van der Waals surface area contributed by atoms with Gasteiger partial charge in [0.15, 0.2) is 0 Å². The molecule has 1 aliphatic rings. The maximum Gasteiger partial charge on any atom is 0.301 e. The number of unbranched alkanes of at least 4 members (excludes halogenated alkanes) is 6. The van der Waals surface area contributed by atoms with Gasteiger partial charge in [-0.1, -0.05) is 75.8 Å². The fourth-order valence-corrected chi connectivity index (χ4v) is 4.19. The van der Waals surface area contributed by atoms with E-state index in [4.69, 9.17) is 0 Å². The molecule has 2 amide bonds. The number of carbonyl (C=O) groups excluding carboxylic acids is 2. The Hall–Kier alpha value is -1.76. The first-order chi connectivity index (χ1) is 14.6. The van der Waals surface area contributed by atoms with Crippen molar-refractivity contribution in [2.24, 2.45) is 0 Å². The van der Waals surface area contributed by atoms with Gasteiger partial charge in [0.2, 0.25) is 5.91 Å². The van der Waals surface area contributed by atoms with Crippen molar-refractivity contribution in [1.29, 1.82) is 0 Å². The Morgan fingerprint density at radius 3 is 2.37 bits per heavy atom. The van der Waals surface area contributed by atoms with E-state index in [2.05, 4.69) is 17.6 Å². The van der Waals surface area contributed by atoms with Gasteiger partial charge in [-0.05, 0) is 12.0 Å². The topological polar surface area (TPSA) is 78.4 Å². The molecule has 3 N–H and O–H groups in total. The largest absolute Gasteiger partial charge is 0.386 e. The molecule has 1 fully saturated rings. The molecule has 0 saturated carbocycles. The first-order valence-corrected chi connectivity index (χ1v) is 11.7. The van der Waals surface area contributed by atoms with Crippen LogP contribution in [0.25, 0.3) is 0 Å². The van der Waals surface area contributed by atoms with Crippen LogP contribution in [0.2, 0.25) is 0 Å². The summed E-state index contributed by atoms with van der Waals surface area (Å²) in [6.07, 6.45) is 8.73. The van der Waals surface area contributed by atoms with Gasteiger partial charge in [0, 0.05) is 19.5 Å². The van der Waals surface area contributed by atoms with Crippen LogP contribution in [0.3, 0.4) is 0 Å². The third-order valence-electron chi connectivity index (χ3n) is 6.13. The van der Waals surface area contributed by atoms with Gasteiger partial charge >= 0.3 is 6.41 Å². The Kier molecular flexibility index (Phi) is 11.0. The van der Waals surface area contributed by atoms with Gasteiger partial charge in [0.25, 0.3) is 0 Å². The van der Waals surface area contributed by atoms with Gasteiger partial charge < -0.3 is 15.7 Å². The van der Waals surface area contributed by atoms with Crippen molar-refractivity contribution < 1.29 is 19.2 Å². The summed E-state index contributed by atoms with van der Waals surface area (Å²) in [5.41, 5.74) is 0.762. The van der Waals surface area contributed by atoms with Crippen molar-refractivity contribution >= 4 is 12.3 Å². The van der Waals surface area contributed by atoms with E-state index in [9.17, 15) is 14.7 Å². The van der Waals surface area contributed by atoms with Gasteiger partial charge in [0.05, 0.1) is 13.1 Å². The summed E-state index contributed by atoms with van der Waals surface area (Å²) in [5, 5.41) is 17.3. The Morgan fingerprint density at radius 1 is 1.10 bits per heavy atom. The molecule has 1 aromatic rings. The molecule has 0 spiro atoms. The minimum Gasteiger partial charge on any atom is -0.386 e. The first kappa shape index (κ1) is 24.5. The number of nitrogens with zero attached hydrogens (tertiary/aromatic N) is 1. The number of hydrogen-bond donors (Lipinski definition) is 3. The van der Waals surface area contributed by atoms with Crippen molar-refractivity contribution in [2.75, 3.05) is 32.7 Å². The van der Waals surface area contributed by atoms with Gasteiger partial charge in [-0.15, -0.1) is 0 Å². The van der Waals surface area contributed by atoms with Crippen LogP contribution < -0.4 is 10.6 Å². The summed E-state index contributed by atoms with van der Waals surface area (Å²) in [4.78, 5) is 24.6. The Morgan fingerprint density at radius 2 is 1.73 bits per heavy atom. The Bertz CT molecular complexity index is 617. The highest BCUT2D eigenvalue weighted by atomic mass is 16.3. The molecule has 0 aromatic heterocycles. The van der Waals surface area contributed by atoms with Crippen LogP contribution in [-0.4, -0.2) is 60.7 Å². The lowest BCUT2D eigenvalue weighted by atomic mass is 10.00. The van der Waals surface area contributed by atoms with E-state index >= 15 is 0 Å². The summed E-state index contributed by atoms with van der Waals surface area (Å²) < 4.78 is 0.263. The molecule has 6 nitrogen and oxygen atoms in total. The fourth-order valence-electron chi connectivity index (χ4n) is 4.19. The lowest BCUT2D eigenvalue weighted by Crippen LogP contribution is -2.63. The first-order valence-electron chi connectivity index (χ1n) is 11.7. The van der Waals surface area contributed by atoms with Crippen LogP contribution in [0.15, 0.2) is 30.3 Å². The number of benzene rings is 1. The third-order valence-corrected chi connectivity index (χ3v) is 6.13. The number of quaternary nitrogens is 1. The number of nitrogens with one attached hydrogen (secondary N) is 2. The lowest BCUT2D eigenvalue weighted by molar-refractivity contribution is -0.849. The second kappa shape index (κ2) is 13.5. The molecule has 2 atom stereocenters. The zero-order valence-corrected chi connectivity index (χ0v) is 18.5. The van der Waals surface area contributed by atoms with Crippen molar-refractivity contribution in [3.05, 3.63) is 35.9 Å². The number of piperazine rings is 1. The molecule has 1 saturated heterocycles. The molecule has 0 bridgehead atoms. The van der Waals surface area contributed by atoms with E-state index in [0.717, 1.165) is 37.9 Å². The maximum atomic E-state index is 12.6. The standard InChI is InChI=1S/C24H39N3O3/c1-2-3-4-5-6-7-11-14-23(29)26-22(24(30)21-12-9-8-10-13-21)19-27(20-28)17-15-25-16-18-27/h8-10,12-13,20,22,24-25,30H,2-7,11,14-19H2,1H3/p+1. The molecule has 6 heteroatoms. The van der Waals surface area contributed by atoms with E-state index in [1.165, 1.54) is 32.1 Å². The molecule has 1 heterocycles. The molecule has 1 aliphatic heterocycles. The predicted molar refractivity (Wildman–Crippen MR) is 120 cm³/mol. The molecular formula is C24H40N3O3+. The number of amides is 2. The van der Waals surface area contributed by atoms with Crippen LogP contribution in [-0.2, 0) is 9.59 Å². The molecule has 0 aliphatic carbocycles.